The van der Waals surface area contributed by atoms with Crippen LogP contribution in [0, 0.1) is 22.9 Å². The number of aromatic nitrogens is 2. The quantitative estimate of drug-likeness (QED) is 0.295. The van der Waals surface area contributed by atoms with E-state index >= 15 is 0 Å². The van der Waals surface area contributed by atoms with Gasteiger partial charge in [0.05, 0.1) is 19.1 Å². The number of hydrogen-bond acceptors (Lipinski definition) is 6. The second-order valence-corrected chi connectivity index (χ2v) is 7.29. The van der Waals surface area contributed by atoms with Crippen LogP contribution < -0.4 is 9.88 Å². The van der Waals surface area contributed by atoms with Crippen LogP contribution in [0.3, 0.4) is 0 Å². The van der Waals surface area contributed by atoms with Crippen molar-refractivity contribution in [2.75, 3.05) is 19.8 Å². The molecule has 0 bridgehead atoms. The first kappa shape index (κ1) is 22.1. The van der Waals surface area contributed by atoms with Gasteiger partial charge in [0.1, 0.15) is 12.4 Å². The van der Waals surface area contributed by atoms with Gasteiger partial charge < -0.3 is 13.3 Å². The van der Waals surface area contributed by atoms with E-state index in [9.17, 15) is 0 Å². The SMILES string of the molecule is CCO[Si](CC[n+]1ccn(CC)c1)(OCC)OCC.N#CNC#N. The lowest BCUT2D eigenvalue weighted by molar-refractivity contribution is -0.693. The fourth-order valence-electron chi connectivity index (χ4n) is 2.05. The topological polar surface area (TPSA) is 96.1 Å². The molecule has 0 unspecified atom stereocenters. The van der Waals surface area contributed by atoms with E-state index < -0.39 is 8.80 Å². The van der Waals surface area contributed by atoms with Crippen LogP contribution in [0.4, 0.5) is 0 Å². The number of aryl methyl sites for hydroxylation is 2. The van der Waals surface area contributed by atoms with Gasteiger partial charge in [-0.3, -0.25) is 0 Å². The summed E-state index contributed by atoms with van der Waals surface area (Å²) in [6.45, 7) is 11.8. The van der Waals surface area contributed by atoms with Crippen molar-refractivity contribution in [1.82, 2.24) is 9.88 Å². The average molecular weight is 355 g/mol. The zero-order chi connectivity index (χ0) is 18.3. The Morgan fingerprint density at radius 1 is 1.04 bits per heavy atom. The first-order valence-electron chi connectivity index (χ1n) is 8.11. The highest BCUT2D eigenvalue weighted by atomic mass is 28.4. The molecule has 0 saturated heterocycles. The van der Waals surface area contributed by atoms with Crippen molar-refractivity contribution in [3.05, 3.63) is 18.7 Å². The van der Waals surface area contributed by atoms with Gasteiger partial charge in [0.25, 0.3) is 0 Å². The zero-order valence-electron chi connectivity index (χ0n) is 15.0. The molecule has 0 atom stereocenters. The molecule has 9 heteroatoms. The number of nitrogens with zero attached hydrogens (tertiary/aromatic N) is 4. The van der Waals surface area contributed by atoms with Crippen LogP contribution in [0.2, 0.25) is 6.04 Å². The third kappa shape index (κ3) is 8.65. The van der Waals surface area contributed by atoms with Crippen molar-refractivity contribution in [3.8, 4) is 12.4 Å². The maximum Gasteiger partial charge on any atom is 0.504 e. The van der Waals surface area contributed by atoms with Gasteiger partial charge in [-0.2, -0.15) is 10.5 Å². The summed E-state index contributed by atoms with van der Waals surface area (Å²) >= 11 is 0. The molecule has 0 aliphatic heterocycles. The molecule has 1 rings (SSSR count). The Morgan fingerprint density at radius 3 is 1.92 bits per heavy atom. The van der Waals surface area contributed by atoms with E-state index in [0.717, 1.165) is 19.1 Å². The van der Waals surface area contributed by atoms with Crippen molar-refractivity contribution in [3.63, 3.8) is 0 Å². The van der Waals surface area contributed by atoms with E-state index in [2.05, 4.69) is 34.8 Å². The Morgan fingerprint density at radius 2 is 1.58 bits per heavy atom. The predicted molar refractivity (Wildman–Crippen MR) is 90.1 cm³/mol. The lowest BCUT2D eigenvalue weighted by Gasteiger charge is -2.27. The van der Waals surface area contributed by atoms with Gasteiger partial charge in [-0.05, 0) is 27.7 Å². The summed E-state index contributed by atoms with van der Waals surface area (Å²) < 4.78 is 21.8. The van der Waals surface area contributed by atoms with Crippen LogP contribution in [0.25, 0.3) is 0 Å². The molecule has 1 heterocycles. The molecular weight excluding hydrogens is 326 g/mol. The Labute approximate surface area is 145 Å². The fourth-order valence-corrected chi connectivity index (χ4v) is 4.58. The van der Waals surface area contributed by atoms with Gasteiger partial charge in [0.15, 0.2) is 12.4 Å². The van der Waals surface area contributed by atoms with Gasteiger partial charge in [0.2, 0.25) is 6.33 Å². The molecule has 0 aromatic carbocycles. The summed E-state index contributed by atoms with van der Waals surface area (Å²) in [6.07, 6.45) is 9.06. The minimum absolute atomic E-state index is 0.632. The van der Waals surface area contributed by atoms with E-state index in [0.29, 0.717) is 19.8 Å². The summed E-state index contributed by atoms with van der Waals surface area (Å²) in [5, 5.41) is 16.7. The zero-order valence-corrected chi connectivity index (χ0v) is 16.0. The van der Waals surface area contributed by atoms with Crippen LogP contribution in [-0.2, 0) is 26.4 Å². The van der Waals surface area contributed by atoms with Crippen LogP contribution in [0.1, 0.15) is 27.7 Å². The molecule has 8 nitrogen and oxygen atoms in total. The molecule has 0 radical (unpaired) electrons. The highest BCUT2D eigenvalue weighted by molar-refractivity contribution is 6.60. The van der Waals surface area contributed by atoms with Crippen molar-refractivity contribution in [1.29, 1.82) is 10.5 Å². The smallest absolute Gasteiger partial charge is 0.374 e. The summed E-state index contributed by atoms with van der Waals surface area (Å²) in [7, 11) is -2.51. The predicted octanol–water partition coefficient (Wildman–Crippen LogP) is 1.38. The molecule has 134 valence electrons. The fraction of sp³-hybridized carbons (Fsp3) is 0.667. The molecule has 0 saturated carbocycles. The van der Waals surface area contributed by atoms with Gasteiger partial charge in [-0.1, -0.05) is 0 Å². The highest BCUT2D eigenvalue weighted by Crippen LogP contribution is 2.15. The summed E-state index contributed by atoms with van der Waals surface area (Å²) in [6, 6.07) is 0.806. The van der Waals surface area contributed by atoms with Gasteiger partial charge in [-0.15, -0.1) is 0 Å². The second kappa shape index (κ2) is 13.5. The minimum atomic E-state index is -2.51. The first-order chi connectivity index (χ1) is 11.6. The number of rotatable bonds is 10. The van der Waals surface area contributed by atoms with Crippen molar-refractivity contribution >= 4 is 8.80 Å². The van der Waals surface area contributed by atoms with Crippen molar-refractivity contribution in [2.45, 2.75) is 46.8 Å². The normalized spacial score (nSPS) is 10.2. The molecule has 0 aliphatic rings. The molecule has 24 heavy (non-hydrogen) atoms. The average Bonchev–Trinajstić information content (AvgIpc) is 3.03. The molecule has 0 aliphatic carbocycles. The molecule has 1 aromatic heterocycles. The Kier molecular flexibility index (Phi) is 12.4. The van der Waals surface area contributed by atoms with Crippen LogP contribution in [0.5, 0.6) is 0 Å². The lowest BCUT2D eigenvalue weighted by atomic mass is 10.7. The summed E-state index contributed by atoms with van der Waals surface area (Å²) in [4.78, 5) is 0. The second-order valence-electron chi connectivity index (χ2n) is 4.56. The van der Waals surface area contributed by atoms with Crippen molar-refractivity contribution < 1.29 is 17.8 Å². The highest BCUT2D eigenvalue weighted by Gasteiger charge is 2.40. The largest absolute Gasteiger partial charge is 0.504 e. The third-order valence-corrected chi connectivity index (χ3v) is 6.01. The van der Waals surface area contributed by atoms with Gasteiger partial charge >= 0.3 is 8.80 Å². The lowest BCUT2D eigenvalue weighted by Crippen LogP contribution is -2.49. The molecule has 0 fully saturated rings. The van der Waals surface area contributed by atoms with E-state index in [1.54, 1.807) is 5.32 Å². The molecule has 0 spiro atoms. The summed E-state index contributed by atoms with van der Waals surface area (Å²) in [5.41, 5.74) is 0. The third-order valence-electron chi connectivity index (χ3n) is 2.99. The van der Waals surface area contributed by atoms with Crippen LogP contribution in [0.15, 0.2) is 18.7 Å². The number of nitriles is 2. The Bertz CT molecular complexity index is 495. The Hall–Kier alpha value is -1.91. The maximum absolute atomic E-state index is 7.48. The monoisotopic (exact) mass is 354 g/mol. The minimum Gasteiger partial charge on any atom is -0.374 e. The standard InChI is InChI=1S/C13H27N2O3Si.C2HN3/c1-5-14-9-10-15(13-14)11-12-19(16-6-2,17-7-3)18-8-4;3-1-5-2-4/h9-10,13H,5-8,11-12H2,1-4H3;5H/q+1;. The van der Waals surface area contributed by atoms with Gasteiger partial charge in [0, 0.05) is 19.8 Å². The van der Waals surface area contributed by atoms with E-state index in [-0.39, 0.29) is 0 Å². The molecule has 1 N–H and O–H groups in total. The van der Waals surface area contributed by atoms with E-state index in [4.69, 9.17) is 23.8 Å². The van der Waals surface area contributed by atoms with Crippen LogP contribution >= 0.6 is 0 Å². The maximum atomic E-state index is 7.48. The molecule has 1 aromatic rings. The van der Waals surface area contributed by atoms with E-state index in [1.165, 1.54) is 12.4 Å². The first-order valence-corrected chi connectivity index (χ1v) is 10.0. The van der Waals surface area contributed by atoms with E-state index in [1.807, 2.05) is 20.8 Å². The Balaban J connectivity index is 0.000000922. The van der Waals surface area contributed by atoms with Gasteiger partial charge in [-0.25, -0.2) is 14.5 Å². The van der Waals surface area contributed by atoms with Crippen LogP contribution in [-0.4, -0.2) is 33.2 Å². The number of hydrogen-bond donors (Lipinski definition) is 1. The number of nitrogens with one attached hydrogen (secondary N) is 1. The number of imidazole rings is 1. The summed E-state index contributed by atoms with van der Waals surface area (Å²) in [5.74, 6) is 0. The molecule has 0 amide bonds. The molecular formula is C15H28N5O3Si+. The van der Waals surface area contributed by atoms with Crippen molar-refractivity contribution in [2.24, 2.45) is 0 Å².